The molecule has 0 aromatic carbocycles. The van der Waals surface area contributed by atoms with E-state index in [2.05, 4.69) is 19.2 Å². The summed E-state index contributed by atoms with van der Waals surface area (Å²) in [5.41, 5.74) is 0. The topological polar surface area (TPSA) is 32.3 Å². The fraction of sp³-hybridized carbons (Fsp3) is 1.00. The highest BCUT2D eigenvalue weighted by Gasteiger charge is 2.17. The molecule has 0 aromatic rings. The van der Waals surface area contributed by atoms with E-state index in [1.807, 2.05) is 0 Å². The molecule has 0 aliphatic heterocycles. The van der Waals surface area contributed by atoms with Gasteiger partial charge in [0.1, 0.15) is 0 Å². The Labute approximate surface area is 81.7 Å². The molecule has 0 bridgehead atoms. The second kappa shape index (κ2) is 5.61. The summed E-state index contributed by atoms with van der Waals surface area (Å²) < 4.78 is 0. The number of nitrogens with one attached hydrogen (secondary N) is 1. The largest absolute Gasteiger partial charge is 0.396 e. The van der Waals surface area contributed by atoms with E-state index in [1.54, 1.807) is 0 Å². The lowest BCUT2D eigenvalue weighted by Gasteiger charge is -2.27. The molecule has 13 heavy (non-hydrogen) atoms. The first kappa shape index (κ1) is 11.0. The Morgan fingerprint density at radius 1 is 1.31 bits per heavy atom. The summed E-state index contributed by atoms with van der Waals surface area (Å²) in [4.78, 5) is 0. The van der Waals surface area contributed by atoms with Crippen LogP contribution in [0.2, 0.25) is 0 Å². The zero-order chi connectivity index (χ0) is 9.68. The minimum Gasteiger partial charge on any atom is -0.396 e. The first-order valence-corrected chi connectivity index (χ1v) is 5.56. The number of hydrogen-bond donors (Lipinski definition) is 2. The molecule has 0 spiro atoms. The fourth-order valence-corrected chi connectivity index (χ4v) is 1.90. The van der Waals surface area contributed by atoms with E-state index in [1.165, 1.54) is 25.7 Å². The van der Waals surface area contributed by atoms with E-state index < -0.39 is 0 Å². The van der Waals surface area contributed by atoms with Crippen LogP contribution in [0, 0.1) is 11.8 Å². The molecule has 1 rings (SSSR count). The molecular formula is C11H23NO. The van der Waals surface area contributed by atoms with E-state index in [4.69, 9.17) is 5.11 Å². The van der Waals surface area contributed by atoms with E-state index in [0.29, 0.717) is 18.6 Å². The normalized spacial score (nSPS) is 31.6. The Kier molecular flexibility index (Phi) is 4.74. The van der Waals surface area contributed by atoms with E-state index in [0.717, 1.165) is 12.5 Å². The van der Waals surface area contributed by atoms with Gasteiger partial charge in [0.25, 0.3) is 0 Å². The fourth-order valence-electron chi connectivity index (χ4n) is 1.90. The van der Waals surface area contributed by atoms with Crippen molar-refractivity contribution in [3.05, 3.63) is 0 Å². The second-order valence-electron chi connectivity index (χ2n) is 4.65. The molecule has 1 atom stereocenters. The highest BCUT2D eigenvalue weighted by molar-refractivity contribution is 4.75. The van der Waals surface area contributed by atoms with Crippen molar-refractivity contribution in [2.45, 2.75) is 45.6 Å². The van der Waals surface area contributed by atoms with Crippen LogP contribution in [0.15, 0.2) is 0 Å². The number of aliphatic hydroxyl groups excluding tert-OH is 1. The molecule has 1 saturated carbocycles. The van der Waals surface area contributed by atoms with Gasteiger partial charge in [-0.15, -0.1) is 0 Å². The minimum atomic E-state index is 0.302. The standard InChI is InChI=1S/C11H23NO/c1-9-3-5-11(6-4-9)12-7-10(2)8-13/h9-13H,3-8H2,1-2H3. The summed E-state index contributed by atoms with van der Waals surface area (Å²) >= 11 is 0. The van der Waals surface area contributed by atoms with Gasteiger partial charge in [-0.3, -0.25) is 0 Å². The third-order valence-electron chi connectivity index (χ3n) is 3.08. The molecule has 2 nitrogen and oxygen atoms in total. The van der Waals surface area contributed by atoms with Crippen LogP contribution in [0.5, 0.6) is 0 Å². The maximum Gasteiger partial charge on any atom is 0.0468 e. The van der Waals surface area contributed by atoms with Gasteiger partial charge in [0.05, 0.1) is 0 Å². The maximum absolute atomic E-state index is 8.87. The van der Waals surface area contributed by atoms with Crippen LogP contribution >= 0.6 is 0 Å². The molecule has 2 heteroatoms. The molecule has 78 valence electrons. The first-order valence-electron chi connectivity index (χ1n) is 5.56. The molecule has 2 N–H and O–H groups in total. The lowest BCUT2D eigenvalue weighted by Crippen LogP contribution is -2.36. The van der Waals surface area contributed by atoms with Gasteiger partial charge in [-0.05, 0) is 37.5 Å². The van der Waals surface area contributed by atoms with Crippen molar-refractivity contribution in [3.8, 4) is 0 Å². The summed E-state index contributed by atoms with van der Waals surface area (Å²) in [6.45, 7) is 5.69. The summed E-state index contributed by atoms with van der Waals surface area (Å²) in [5, 5.41) is 12.4. The Morgan fingerprint density at radius 3 is 2.46 bits per heavy atom. The molecule has 0 amide bonds. The van der Waals surface area contributed by atoms with Crippen molar-refractivity contribution in [3.63, 3.8) is 0 Å². The number of rotatable bonds is 4. The van der Waals surface area contributed by atoms with Crippen molar-refractivity contribution in [2.75, 3.05) is 13.2 Å². The van der Waals surface area contributed by atoms with Crippen molar-refractivity contribution in [1.82, 2.24) is 5.32 Å². The predicted octanol–water partition coefficient (Wildman–Crippen LogP) is 1.78. The van der Waals surface area contributed by atoms with Gasteiger partial charge in [-0.25, -0.2) is 0 Å². The summed E-state index contributed by atoms with van der Waals surface area (Å²) in [7, 11) is 0. The van der Waals surface area contributed by atoms with Crippen LogP contribution in [-0.4, -0.2) is 24.3 Å². The van der Waals surface area contributed by atoms with E-state index in [9.17, 15) is 0 Å². The molecule has 1 unspecified atom stereocenters. The highest BCUT2D eigenvalue weighted by atomic mass is 16.3. The lowest BCUT2D eigenvalue weighted by molar-refractivity contribution is 0.221. The smallest absolute Gasteiger partial charge is 0.0468 e. The zero-order valence-electron chi connectivity index (χ0n) is 8.92. The SMILES string of the molecule is CC1CCC(NCC(C)CO)CC1. The molecule has 1 aliphatic carbocycles. The summed E-state index contributed by atoms with van der Waals surface area (Å²) in [5.74, 6) is 1.33. The van der Waals surface area contributed by atoms with Gasteiger partial charge in [0.15, 0.2) is 0 Å². The average Bonchev–Trinajstić information content (AvgIpc) is 2.16. The number of aliphatic hydroxyl groups is 1. The zero-order valence-corrected chi connectivity index (χ0v) is 8.92. The van der Waals surface area contributed by atoms with Crippen LogP contribution in [0.1, 0.15) is 39.5 Å². The Bertz CT molecular complexity index is 130. The molecule has 0 saturated heterocycles. The lowest BCUT2D eigenvalue weighted by atomic mass is 9.87. The van der Waals surface area contributed by atoms with Crippen molar-refractivity contribution >= 4 is 0 Å². The van der Waals surface area contributed by atoms with Gasteiger partial charge >= 0.3 is 0 Å². The molecule has 0 heterocycles. The second-order valence-corrected chi connectivity index (χ2v) is 4.65. The quantitative estimate of drug-likeness (QED) is 0.700. The Balaban J connectivity index is 2.08. The van der Waals surface area contributed by atoms with Crippen LogP contribution in [0.3, 0.4) is 0 Å². The van der Waals surface area contributed by atoms with E-state index in [-0.39, 0.29) is 0 Å². The summed E-state index contributed by atoms with van der Waals surface area (Å²) in [6.07, 6.45) is 5.37. The van der Waals surface area contributed by atoms with Crippen LogP contribution in [0.25, 0.3) is 0 Å². The summed E-state index contributed by atoms with van der Waals surface area (Å²) in [6, 6.07) is 0.713. The van der Waals surface area contributed by atoms with Gasteiger partial charge in [-0.1, -0.05) is 13.8 Å². The monoisotopic (exact) mass is 185 g/mol. The van der Waals surface area contributed by atoms with Crippen molar-refractivity contribution in [1.29, 1.82) is 0 Å². The van der Waals surface area contributed by atoms with Gasteiger partial charge < -0.3 is 10.4 Å². The predicted molar refractivity (Wildman–Crippen MR) is 55.7 cm³/mol. The molecule has 1 fully saturated rings. The minimum absolute atomic E-state index is 0.302. The maximum atomic E-state index is 8.87. The molecule has 0 radical (unpaired) electrons. The Morgan fingerprint density at radius 2 is 1.92 bits per heavy atom. The highest BCUT2D eigenvalue weighted by Crippen LogP contribution is 2.23. The molecular weight excluding hydrogens is 162 g/mol. The van der Waals surface area contributed by atoms with Gasteiger partial charge in [0, 0.05) is 19.2 Å². The van der Waals surface area contributed by atoms with Crippen molar-refractivity contribution < 1.29 is 5.11 Å². The molecule has 1 aliphatic rings. The molecule has 0 aromatic heterocycles. The number of hydrogen-bond acceptors (Lipinski definition) is 2. The Hall–Kier alpha value is -0.0800. The van der Waals surface area contributed by atoms with Crippen LogP contribution in [-0.2, 0) is 0 Å². The van der Waals surface area contributed by atoms with Crippen LogP contribution < -0.4 is 5.32 Å². The first-order chi connectivity index (χ1) is 6.22. The third kappa shape index (κ3) is 4.10. The third-order valence-corrected chi connectivity index (χ3v) is 3.08. The average molecular weight is 185 g/mol. The van der Waals surface area contributed by atoms with Crippen molar-refractivity contribution in [2.24, 2.45) is 11.8 Å². The van der Waals surface area contributed by atoms with Gasteiger partial charge in [-0.2, -0.15) is 0 Å². The van der Waals surface area contributed by atoms with Crippen LogP contribution in [0.4, 0.5) is 0 Å². The van der Waals surface area contributed by atoms with Gasteiger partial charge in [0.2, 0.25) is 0 Å². The van der Waals surface area contributed by atoms with E-state index >= 15 is 0 Å².